The van der Waals surface area contributed by atoms with Crippen molar-refractivity contribution >= 4 is 33.8 Å². The molecule has 2 aromatic heterocycles. The van der Waals surface area contributed by atoms with Gasteiger partial charge in [-0.2, -0.15) is 4.98 Å². The van der Waals surface area contributed by atoms with E-state index in [2.05, 4.69) is 15.3 Å². The number of hydrogen-bond donors (Lipinski definition) is 2. The molecule has 1 fully saturated rings. The van der Waals surface area contributed by atoms with Crippen LogP contribution in [0.3, 0.4) is 0 Å². The van der Waals surface area contributed by atoms with E-state index in [-0.39, 0.29) is 22.6 Å². The summed E-state index contributed by atoms with van der Waals surface area (Å²) in [6, 6.07) is 3.52. The quantitative estimate of drug-likeness (QED) is 0.838. The second-order valence-electron chi connectivity index (χ2n) is 4.25. The summed E-state index contributed by atoms with van der Waals surface area (Å²) in [5, 5.41) is 13.3. The summed E-state index contributed by atoms with van der Waals surface area (Å²) in [5.41, 5.74) is -0.486. The van der Waals surface area contributed by atoms with Gasteiger partial charge in [0, 0.05) is 12.7 Å². The largest absolute Gasteiger partial charge is 0.422 e. The Kier molecular flexibility index (Phi) is 3.51. The monoisotopic (exact) mass is 312 g/mol. The van der Waals surface area contributed by atoms with Gasteiger partial charge in [0.25, 0.3) is 0 Å². The predicted molar refractivity (Wildman–Crippen MR) is 72.5 cm³/mol. The molecule has 0 spiro atoms. The van der Waals surface area contributed by atoms with Crippen molar-refractivity contribution in [2.75, 3.05) is 11.9 Å². The molecule has 2 heterocycles. The van der Waals surface area contributed by atoms with Gasteiger partial charge >= 0.3 is 5.69 Å². The lowest BCUT2D eigenvalue weighted by Gasteiger charge is -2.08. The summed E-state index contributed by atoms with van der Waals surface area (Å²) in [6.07, 6.45) is 3.97. The molecule has 0 bridgehead atoms. The van der Waals surface area contributed by atoms with Crippen LogP contribution in [0.1, 0.15) is 12.8 Å². The van der Waals surface area contributed by atoms with E-state index in [1.165, 1.54) is 19.0 Å². The highest BCUT2D eigenvalue weighted by atomic mass is 79.9. The number of nitrogens with one attached hydrogen (secondary N) is 1. The van der Waals surface area contributed by atoms with Crippen molar-refractivity contribution in [3.63, 3.8) is 0 Å². The van der Waals surface area contributed by atoms with Crippen LogP contribution < -0.4 is 11.0 Å². The maximum Gasteiger partial charge on any atom is 0.384 e. The van der Waals surface area contributed by atoms with Crippen molar-refractivity contribution in [2.24, 2.45) is 5.92 Å². The molecule has 0 aromatic carbocycles. The third-order valence-corrected chi connectivity index (χ3v) is 2.89. The first kappa shape index (κ1) is 12.8. The van der Waals surface area contributed by atoms with Crippen LogP contribution >= 0.6 is 17.0 Å². The van der Waals surface area contributed by atoms with Gasteiger partial charge in [0.2, 0.25) is 0 Å². The SMILES string of the molecule is Br.O=c1nc(NCC2CC2)c2cccnc2n1O. The molecule has 0 radical (unpaired) electrons. The van der Waals surface area contributed by atoms with Crippen LogP contribution in [-0.4, -0.2) is 26.5 Å². The van der Waals surface area contributed by atoms with E-state index in [9.17, 15) is 10.0 Å². The number of halogens is 1. The summed E-state index contributed by atoms with van der Waals surface area (Å²) in [5.74, 6) is 1.18. The topological polar surface area (TPSA) is 80.0 Å². The number of anilines is 1. The first-order valence-corrected chi connectivity index (χ1v) is 5.56. The summed E-state index contributed by atoms with van der Waals surface area (Å²) in [7, 11) is 0. The fraction of sp³-hybridized carbons (Fsp3) is 0.364. The van der Waals surface area contributed by atoms with Crippen LogP contribution in [0.25, 0.3) is 11.0 Å². The van der Waals surface area contributed by atoms with E-state index >= 15 is 0 Å². The molecule has 0 saturated heterocycles. The fourth-order valence-corrected chi connectivity index (χ4v) is 1.74. The minimum absolute atomic E-state index is 0. The zero-order valence-electron chi connectivity index (χ0n) is 9.54. The van der Waals surface area contributed by atoms with E-state index in [0.717, 1.165) is 6.54 Å². The van der Waals surface area contributed by atoms with Crippen molar-refractivity contribution in [2.45, 2.75) is 12.8 Å². The van der Waals surface area contributed by atoms with Gasteiger partial charge in [0.15, 0.2) is 5.65 Å². The Hall–Kier alpha value is -1.63. The van der Waals surface area contributed by atoms with Gasteiger partial charge in [0.05, 0.1) is 5.39 Å². The van der Waals surface area contributed by atoms with Crippen LogP contribution in [0, 0.1) is 5.92 Å². The molecule has 2 aromatic rings. The highest BCUT2D eigenvalue weighted by molar-refractivity contribution is 8.93. The molecule has 6 nitrogen and oxygen atoms in total. The van der Waals surface area contributed by atoms with Gasteiger partial charge < -0.3 is 10.5 Å². The van der Waals surface area contributed by atoms with Gasteiger partial charge in [-0.25, -0.2) is 9.78 Å². The second kappa shape index (κ2) is 4.93. The number of hydrogen-bond acceptors (Lipinski definition) is 5. The number of fused-ring (bicyclic) bond motifs is 1. The zero-order chi connectivity index (χ0) is 11.8. The molecule has 18 heavy (non-hydrogen) atoms. The molecular formula is C11H13BrN4O2. The highest BCUT2D eigenvalue weighted by Crippen LogP contribution is 2.29. The number of nitrogens with zero attached hydrogens (tertiary/aromatic N) is 3. The first-order valence-electron chi connectivity index (χ1n) is 5.56. The van der Waals surface area contributed by atoms with Gasteiger partial charge in [-0.1, -0.05) is 0 Å². The van der Waals surface area contributed by atoms with Crippen LogP contribution in [0.2, 0.25) is 0 Å². The van der Waals surface area contributed by atoms with E-state index in [4.69, 9.17) is 0 Å². The normalized spacial score (nSPS) is 14.2. The Morgan fingerprint density at radius 1 is 1.50 bits per heavy atom. The molecule has 1 aliphatic carbocycles. The summed E-state index contributed by atoms with van der Waals surface area (Å²) in [6.45, 7) is 0.811. The Morgan fingerprint density at radius 3 is 3.00 bits per heavy atom. The molecule has 2 N–H and O–H groups in total. The lowest BCUT2D eigenvalue weighted by Crippen LogP contribution is -2.24. The first-order chi connectivity index (χ1) is 8.25. The van der Waals surface area contributed by atoms with E-state index in [1.807, 2.05) is 0 Å². The molecular weight excluding hydrogens is 300 g/mol. The van der Waals surface area contributed by atoms with Gasteiger partial charge in [-0.15, -0.1) is 21.7 Å². The summed E-state index contributed by atoms with van der Waals surface area (Å²) in [4.78, 5) is 19.2. The highest BCUT2D eigenvalue weighted by Gasteiger charge is 2.21. The Morgan fingerprint density at radius 2 is 2.28 bits per heavy atom. The summed E-state index contributed by atoms with van der Waals surface area (Å²) >= 11 is 0. The van der Waals surface area contributed by atoms with Gasteiger partial charge in [0.1, 0.15) is 5.82 Å². The average molecular weight is 313 g/mol. The Labute approximate surface area is 113 Å². The minimum atomic E-state index is -0.713. The smallest absolute Gasteiger partial charge is 0.384 e. The number of pyridine rings is 1. The van der Waals surface area contributed by atoms with Crippen LogP contribution in [0.5, 0.6) is 0 Å². The maximum atomic E-state index is 11.4. The maximum absolute atomic E-state index is 11.4. The van der Waals surface area contributed by atoms with Crippen LogP contribution in [0.4, 0.5) is 5.82 Å². The summed E-state index contributed by atoms with van der Waals surface area (Å²) < 4.78 is 0.470. The van der Waals surface area contributed by atoms with Gasteiger partial charge in [-0.3, -0.25) is 0 Å². The molecule has 0 aliphatic heterocycles. The lowest BCUT2D eigenvalue weighted by atomic mass is 10.3. The molecule has 3 rings (SSSR count). The Balaban J connectivity index is 0.00000120. The van der Waals surface area contributed by atoms with Crippen molar-refractivity contribution < 1.29 is 5.21 Å². The molecule has 1 saturated carbocycles. The molecule has 96 valence electrons. The fourth-order valence-electron chi connectivity index (χ4n) is 1.74. The Bertz CT molecular complexity index is 624. The lowest BCUT2D eigenvalue weighted by molar-refractivity contribution is 0.182. The zero-order valence-corrected chi connectivity index (χ0v) is 11.2. The third-order valence-electron chi connectivity index (χ3n) is 2.89. The van der Waals surface area contributed by atoms with Gasteiger partial charge in [-0.05, 0) is 30.9 Å². The average Bonchev–Trinajstić information content (AvgIpc) is 3.16. The van der Waals surface area contributed by atoms with Crippen molar-refractivity contribution in [3.8, 4) is 0 Å². The molecule has 0 amide bonds. The minimum Gasteiger partial charge on any atom is -0.422 e. The van der Waals surface area contributed by atoms with Crippen molar-refractivity contribution in [3.05, 3.63) is 28.8 Å². The third kappa shape index (κ3) is 2.31. The predicted octanol–water partition coefficient (Wildman–Crippen LogP) is 1.43. The molecule has 0 atom stereocenters. The number of aromatic nitrogens is 3. The van der Waals surface area contributed by atoms with E-state index in [0.29, 0.717) is 21.9 Å². The number of rotatable bonds is 3. The molecule has 0 unspecified atom stereocenters. The van der Waals surface area contributed by atoms with Crippen LogP contribution in [0.15, 0.2) is 23.1 Å². The molecule has 7 heteroatoms. The van der Waals surface area contributed by atoms with E-state index < -0.39 is 5.69 Å². The van der Waals surface area contributed by atoms with E-state index in [1.54, 1.807) is 12.1 Å². The van der Waals surface area contributed by atoms with Crippen molar-refractivity contribution in [1.29, 1.82) is 0 Å². The van der Waals surface area contributed by atoms with Crippen molar-refractivity contribution in [1.82, 2.24) is 14.7 Å². The van der Waals surface area contributed by atoms with Crippen LogP contribution in [-0.2, 0) is 0 Å². The standard InChI is InChI=1S/C11H12N4O2.BrH/c16-11-14-9(13-6-7-3-4-7)8-2-1-5-12-10(8)15(11)17;/h1-2,5,7,17H,3-4,6H2,(H,13,14,16);1H. The molecule has 1 aliphatic rings. The second-order valence-corrected chi connectivity index (χ2v) is 4.25.